The minimum atomic E-state index is -0.423. The van der Waals surface area contributed by atoms with Gasteiger partial charge in [0.2, 0.25) is 0 Å². The van der Waals surface area contributed by atoms with Crippen LogP contribution in [0.1, 0.15) is 16.0 Å². The normalized spacial score (nSPS) is 16.2. The third kappa shape index (κ3) is 2.05. The van der Waals surface area contributed by atoms with Gasteiger partial charge in [-0.2, -0.15) is 5.26 Å². The Bertz CT molecular complexity index is 556. The average molecular weight is 254 g/mol. The first-order chi connectivity index (χ1) is 8.81. The molecule has 1 N–H and O–H groups in total. The van der Waals surface area contributed by atoms with Crippen molar-refractivity contribution in [1.29, 1.82) is 5.26 Å². The summed E-state index contributed by atoms with van der Waals surface area (Å²) in [5, 5.41) is 15.0. The molecule has 0 spiro atoms. The molecule has 1 heterocycles. The molecule has 2 aromatic rings. The summed E-state index contributed by atoms with van der Waals surface area (Å²) in [6, 6.07) is 15.0. The lowest BCUT2D eigenvalue weighted by Gasteiger charge is -2.21. The van der Waals surface area contributed by atoms with Gasteiger partial charge in [0.15, 0.2) is 0 Å². The number of hydrogen-bond acceptors (Lipinski definition) is 3. The van der Waals surface area contributed by atoms with Crippen molar-refractivity contribution in [2.75, 3.05) is 0 Å². The van der Waals surface area contributed by atoms with Crippen molar-refractivity contribution in [3.63, 3.8) is 0 Å². The Morgan fingerprint density at radius 2 is 1.89 bits per heavy atom. The van der Waals surface area contributed by atoms with Gasteiger partial charge in [-0.1, -0.05) is 30.3 Å². The fraction of sp³-hybridized carbons (Fsp3) is 0.267. The van der Waals surface area contributed by atoms with E-state index in [1.165, 1.54) is 16.0 Å². The van der Waals surface area contributed by atoms with E-state index in [2.05, 4.69) is 35.0 Å². The Kier molecular flexibility index (Phi) is 2.91. The SMILES string of the molecule is N#CC1(NCc2cccs2)Cc2ccccc2C1. The van der Waals surface area contributed by atoms with E-state index in [-0.39, 0.29) is 0 Å². The van der Waals surface area contributed by atoms with Crippen LogP contribution in [0.15, 0.2) is 41.8 Å². The number of fused-ring (bicyclic) bond motifs is 1. The zero-order valence-corrected chi connectivity index (χ0v) is 10.8. The van der Waals surface area contributed by atoms with E-state index in [0.29, 0.717) is 0 Å². The van der Waals surface area contributed by atoms with Gasteiger partial charge in [0.25, 0.3) is 0 Å². The van der Waals surface area contributed by atoms with Gasteiger partial charge in [-0.3, -0.25) is 5.32 Å². The van der Waals surface area contributed by atoms with Crippen molar-refractivity contribution in [3.8, 4) is 6.07 Å². The number of benzene rings is 1. The van der Waals surface area contributed by atoms with Crippen molar-refractivity contribution in [2.45, 2.75) is 24.9 Å². The number of hydrogen-bond donors (Lipinski definition) is 1. The highest BCUT2D eigenvalue weighted by molar-refractivity contribution is 7.09. The van der Waals surface area contributed by atoms with E-state index in [9.17, 15) is 5.26 Å². The van der Waals surface area contributed by atoms with Crippen LogP contribution in [-0.2, 0) is 19.4 Å². The van der Waals surface area contributed by atoms with Crippen LogP contribution in [0.4, 0.5) is 0 Å². The molecule has 1 aliphatic rings. The van der Waals surface area contributed by atoms with Gasteiger partial charge < -0.3 is 0 Å². The molecule has 0 atom stereocenters. The van der Waals surface area contributed by atoms with Crippen LogP contribution in [0.25, 0.3) is 0 Å². The molecule has 0 fully saturated rings. The molecule has 0 saturated carbocycles. The van der Waals surface area contributed by atoms with Crippen molar-refractivity contribution in [1.82, 2.24) is 5.32 Å². The molecule has 2 nitrogen and oxygen atoms in total. The van der Waals surface area contributed by atoms with Gasteiger partial charge in [-0.05, 0) is 22.6 Å². The Balaban J connectivity index is 1.76. The fourth-order valence-corrected chi connectivity index (χ4v) is 3.17. The van der Waals surface area contributed by atoms with Gasteiger partial charge in [0.05, 0.1) is 6.07 Å². The smallest absolute Gasteiger partial charge is 0.115 e. The quantitative estimate of drug-likeness (QED) is 0.914. The third-order valence-electron chi connectivity index (χ3n) is 3.50. The second-order valence-corrected chi connectivity index (χ2v) is 5.78. The molecule has 0 aliphatic heterocycles. The standard InChI is InChI=1S/C15H14N2S/c16-11-15(17-10-14-6-3-7-18-14)8-12-4-1-2-5-13(12)9-15/h1-7,17H,8-10H2. The molecule has 1 aromatic heterocycles. The zero-order chi connectivity index (χ0) is 12.4. The van der Waals surface area contributed by atoms with Gasteiger partial charge in [-0.15, -0.1) is 11.3 Å². The summed E-state index contributed by atoms with van der Waals surface area (Å²) in [6.07, 6.45) is 1.62. The summed E-state index contributed by atoms with van der Waals surface area (Å²) in [7, 11) is 0. The third-order valence-corrected chi connectivity index (χ3v) is 4.37. The van der Waals surface area contributed by atoms with Crippen molar-refractivity contribution in [2.24, 2.45) is 0 Å². The largest absolute Gasteiger partial charge is 0.294 e. The maximum atomic E-state index is 9.51. The van der Waals surface area contributed by atoms with Crippen molar-refractivity contribution < 1.29 is 0 Å². The molecule has 1 aliphatic carbocycles. The van der Waals surface area contributed by atoms with Gasteiger partial charge in [0.1, 0.15) is 5.54 Å². The molecule has 90 valence electrons. The van der Waals surface area contributed by atoms with Crippen LogP contribution >= 0.6 is 11.3 Å². The number of thiophene rings is 1. The number of nitrogens with zero attached hydrogens (tertiary/aromatic N) is 1. The Morgan fingerprint density at radius 1 is 1.17 bits per heavy atom. The molecule has 0 unspecified atom stereocenters. The predicted octanol–water partition coefficient (Wildman–Crippen LogP) is 2.90. The van der Waals surface area contributed by atoms with Crippen LogP contribution in [0.5, 0.6) is 0 Å². The maximum absolute atomic E-state index is 9.51. The Labute approximate surface area is 111 Å². The van der Waals surface area contributed by atoms with E-state index in [4.69, 9.17) is 0 Å². The molecule has 0 bridgehead atoms. The summed E-state index contributed by atoms with van der Waals surface area (Å²) in [6.45, 7) is 0.777. The Morgan fingerprint density at radius 3 is 2.44 bits per heavy atom. The van der Waals surface area contributed by atoms with Crippen LogP contribution in [0.2, 0.25) is 0 Å². The van der Waals surface area contributed by atoms with Crippen molar-refractivity contribution >= 4 is 11.3 Å². The molecule has 1 aromatic carbocycles. The Hall–Kier alpha value is -1.63. The topological polar surface area (TPSA) is 35.8 Å². The molecule has 0 amide bonds. The summed E-state index contributed by atoms with van der Waals surface area (Å²) < 4.78 is 0. The van der Waals surface area contributed by atoms with E-state index in [1.54, 1.807) is 11.3 Å². The lowest BCUT2D eigenvalue weighted by atomic mass is 9.98. The van der Waals surface area contributed by atoms with Gasteiger partial charge in [0, 0.05) is 24.3 Å². The number of nitrogens with one attached hydrogen (secondary N) is 1. The maximum Gasteiger partial charge on any atom is 0.115 e. The lowest BCUT2D eigenvalue weighted by Crippen LogP contribution is -2.44. The zero-order valence-electron chi connectivity index (χ0n) is 10.0. The number of nitriles is 1. The predicted molar refractivity (Wildman–Crippen MR) is 73.4 cm³/mol. The minimum Gasteiger partial charge on any atom is -0.294 e. The first-order valence-electron chi connectivity index (χ1n) is 6.07. The van der Waals surface area contributed by atoms with E-state index >= 15 is 0 Å². The van der Waals surface area contributed by atoms with E-state index in [0.717, 1.165) is 19.4 Å². The van der Waals surface area contributed by atoms with Crippen LogP contribution < -0.4 is 5.32 Å². The fourth-order valence-electron chi connectivity index (χ4n) is 2.53. The highest BCUT2D eigenvalue weighted by atomic mass is 32.1. The van der Waals surface area contributed by atoms with Gasteiger partial charge >= 0.3 is 0 Å². The highest BCUT2D eigenvalue weighted by Gasteiger charge is 2.36. The van der Waals surface area contributed by atoms with E-state index in [1.807, 2.05) is 18.2 Å². The molecule has 3 rings (SSSR count). The first kappa shape index (κ1) is 11.5. The van der Waals surface area contributed by atoms with Gasteiger partial charge in [-0.25, -0.2) is 0 Å². The molecule has 18 heavy (non-hydrogen) atoms. The summed E-state index contributed by atoms with van der Waals surface area (Å²) in [5.41, 5.74) is 2.18. The van der Waals surface area contributed by atoms with Crippen LogP contribution in [0.3, 0.4) is 0 Å². The second-order valence-electron chi connectivity index (χ2n) is 4.75. The van der Waals surface area contributed by atoms with Crippen LogP contribution in [-0.4, -0.2) is 5.54 Å². The summed E-state index contributed by atoms with van der Waals surface area (Å²) in [4.78, 5) is 1.28. The molecular formula is C15H14N2S. The average Bonchev–Trinajstić information content (AvgIpc) is 3.03. The molecular weight excluding hydrogens is 240 g/mol. The molecule has 0 radical (unpaired) electrons. The molecule has 0 saturated heterocycles. The minimum absolute atomic E-state index is 0.423. The van der Waals surface area contributed by atoms with Crippen LogP contribution in [0, 0.1) is 11.3 Å². The summed E-state index contributed by atoms with van der Waals surface area (Å²) >= 11 is 1.73. The highest BCUT2D eigenvalue weighted by Crippen LogP contribution is 2.30. The van der Waals surface area contributed by atoms with E-state index < -0.39 is 5.54 Å². The molecule has 3 heteroatoms. The lowest BCUT2D eigenvalue weighted by molar-refractivity contribution is 0.431. The van der Waals surface area contributed by atoms with Crippen molar-refractivity contribution in [3.05, 3.63) is 57.8 Å². The monoisotopic (exact) mass is 254 g/mol. The first-order valence-corrected chi connectivity index (χ1v) is 6.95. The number of rotatable bonds is 3. The summed E-state index contributed by atoms with van der Waals surface area (Å²) in [5.74, 6) is 0. The second kappa shape index (κ2) is 4.56.